The van der Waals surface area contributed by atoms with Crippen LogP contribution in [0.2, 0.25) is 0 Å². The second-order valence-corrected chi connectivity index (χ2v) is 25.4. The molecule has 100 heavy (non-hydrogen) atoms. The average molecular weight is 1360 g/mol. The maximum absolute atomic E-state index is 13.6. The lowest BCUT2D eigenvalue weighted by atomic mass is 9.71. The quantitative estimate of drug-likeness (QED) is 0.0556. The fourth-order valence-corrected chi connectivity index (χ4v) is 15.4. The number of carbonyl (C=O) groups is 12. The Kier molecular flexibility index (Phi) is 16.2. The first-order valence-electron chi connectivity index (χ1n) is 31.0. The van der Waals surface area contributed by atoms with E-state index in [9.17, 15) is 119 Å². The van der Waals surface area contributed by atoms with E-state index in [1.54, 1.807) is 0 Å². The van der Waals surface area contributed by atoms with E-state index in [1.807, 2.05) is 0 Å². The van der Waals surface area contributed by atoms with Crippen LogP contribution in [0.15, 0.2) is 141 Å². The van der Waals surface area contributed by atoms with Crippen molar-refractivity contribution in [3.05, 3.63) is 220 Å². The molecule has 28 nitrogen and oxygen atoms in total. The van der Waals surface area contributed by atoms with E-state index < -0.39 is 170 Å². The van der Waals surface area contributed by atoms with E-state index in [2.05, 4.69) is 9.97 Å². The number of aliphatic carboxylic acids is 8. The van der Waals surface area contributed by atoms with Gasteiger partial charge >= 0.3 is 71.6 Å². The minimum absolute atomic E-state index is 0.0259. The average Bonchev–Trinajstić information content (AvgIpc) is 1.55. The molecule has 6 aromatic rings. The Morgan fingerprint density at radius 3 is 0.730 bits per heavy atom. The standard InChI is InChI=1S/C72H54N4O24/c77-61(78)29-9-1-25(2-10-29)49-53-33-17-41(65(85)86)43(67(89)90)19-35(33)55(73-53)50(26-3-11-30(12-4-26)62(79)80)57-37-21-45(69(93)94)47(71(97)98)23-39(37)59(75-57)52(28-7-15-32(16-8-28)64(83)84)60-40-24-48(72(99)100)46(70(95)96)22-38(40)58(76-60)51(27-5-13-31(14-6-27)63(81)82)56-36-20-44(68(91)92)42(66(87)88)18-34(36)54(49)74-56/h1-16,41-48,73,76H,17-24H2,(H,77,78)(H,79,80)(H,81,82)(H,83,84)(H,85,86)(H,87,88)(H,89,90)(H,91,92)(H,93,94)(H,95,96)(H,97,98)(H,99,100). The summed E-state index contributed by atoms with van der Waals surface area (Å²) >= 11 is 0. The van der Waals surface area contributed by atoms with Crippen molar-refractivity contribution in [2.75, 3.05) is 0 Å². The van der Waals surface area contributed by atoms with Crippen LogP contribution in [0.3, 0.4) is 0 Å². The van der Waals surface area contributed by atoms with E-state index in [0.29, 0.717) is 0 Å². The van der Waals surface area contributed by atoms with Gasteiger partial charge in [-0.15, -0.1) is 0 Å². The molecule has 8 unspecified atom stereocenters. The topological polar surface area (TPSA) is 504 Å². The molecule has 0 amide bonds. The number of H-pyrrole nitrogens is 2. The summed E-state index contributed by atoms with van der Waals surface area (Å²) < 4.78 is 0. The van der Waals surface area contributed by atoms with Crippen LogP contribution in [-0.4, -0.2) is 154 Å². The number of aromatic nitrogens is 2. The fraction of sp³-hybridized carbons (Fsp3) is 0.222. The Hall–Kier alpha value is -12.9. The minimum Gasteiger partial charge on any atom is -0.481 e. The van der Waals surface area contributed by atoms with E-state index >= 15 is 0 Å². The molecule has 2 aromatic heterocycles. The number of rotatable bonds is 16. The predicted octanol–water partition coefficient (Wildman–Crippen LogP) is 5.66. The van der Waals surface area contributed by atoms with Crippen LogP contribution >= 0.6 is 0 Å². The number of carboxylic acid groups (broad SMARTS) is 12. The molecule has 0 saturated carbocycles. The number of hydrogen-bond donors (Lipinski definition) is 14. The smallest absolute Gasteiger partial charge is 0.335 e. The molecule has 0 saturated heterocycles. The van der Waals surface area contributed by atoms with Gasteiger partial charge in [0.15, 0.2) is 0 Å². The van der Waals surface area contributed by atoms with Crippen LogP contribution in [0.25, 0.3) is 22.3 Å². The highest BCUT2D eigenvalue weighted by Crippen LogP contribution is 2.53. The summed E-state index contributed by atoms with van der Waals surface area (Å²) in [4.78, 5) is 178. The van der Waals surface area contributed by atoms with Crippen molar-refractivity contribution >= 4 is 105 Å². The molecule has 8 bridgehead atoms. The molecule has 8 atom stereocenters. The van der Waals surface area contributed by atoms with Crippen molar-refractivity contribution in [2.24, 2.45) is 57.3 Å². The van der Waals surface area contributed by atoms with Gasteiger partial charge in [-0.2, -0.15) is 0 Å². The molecular formula is C72H54N4O24. The van der Waals surface area contributed by atoms with Crippen molar-refractivity contribution in [1.82, 2.24) is 9.97 Å². The van der Waals surface area contributed by atoms with E-state index in [1.165, 1.54) is 97.1 Å². The maximum atomic E-state index is 13.6. The Morgan fingerprint density at radius 2 is 0.490 bits per heavy atom. The molecule has 2 aliphatic heterocycles. The van der Waals surface area contributed by atoms with Crippen LogP contribution in [0.5, 0.6) is 0 Å². The molecule has 13 rings (SSSR count). The SMILES string of the molecule is O=C(O)c1ccc(C2=C3N=C(C4=C3CC(C(=O)O)C(C(=O)O)C4)C(c3ccc(C(=O)O)cc3)=c3[nH]c(c4c3CC(C(=O)O)C(C(=O)O)C4)=C(c3ccc(C(=O)O)cc3)C3=NC(=C(c4ccc(C(=O)O)cc4)c4[nH]c2c2c4CC(C(=O)O)C(C(=O)O)C2)C2=C3CC(C(=O)O)C(C(=O)O)C2)cc1. The molecule has 0 radical (unpaired) electrons. The second-order valence-electron chi connectivity index (χ2n) is 25.4. The van der Waals surface area contributed by atoms with Gasteiger partial charge in [0.2, 0.25) is 0 Å². The predicted molar refractivity (Wildman–Crippen MR) is 343 cm³/mol. The first-order chi connectivity index (χ1) is 47.5. The van der Waals surface area contributed by atoms with Crippen LogP contribution in [-0.2, 0) is 64.0 Å². The highest BCUT2D eigenvalue weighted by molar-refractivity contribution is 6.35. The van der Waals surface area contributed by atoms with Crippen molar-refractivity contribution in [2.45, 2.75) is 51.4 Å². The minimum atomic E-state index is -1.75. The highest BCUT2D eigenvalue weighted by atomic mass is 16.4. The van der Waals surface area contributed by atoms with E-state index in [-0.39, 0.29) is 156 Å². The van der Waals surface area contributed by atoms with Crippen molar-refractivity contribution in [3.8, 4) is 0 Å². The molecule has 0 spiro atoms. The molecule has 506 valence electrons. The molecule has 28 heteroatoms. The Labute approximate surface area is 560 Å². The van der Waals surface area contributed by atoms with Crippen molar-refractivity contribution < 1.29 is 119 Å². The molecule has 14 N–H and O–H groups in total. The zero-order valence-electron chi connectivity index (χ0n) is 51.7. The third-order valence-corrected chi connectivity index (χ3v) is 20.3. The van der Waals surface area contributed by atoms with Crippen molar-refractivity contribution in [1.29, 1.82) is 0 Å². The summed E-state index contributed by atoms with van der Waals surface area (Å²) in [5.41, 5.74) is -1.75. The number of nitrogens with zero attached hydrogens (tertiary/aromatic N) is 2. The monoisotopic (exact) mass is 1360 g/mol. The molecule has 4 heterocycles. The number of carboxylic acids is 12. The number of nitrogens with one attached hydrogen (secondary N) is 2. The lowest BCUT2D eigenvalue weighted by Gasteiger charge is -2.29. The Bertz CT molecular complexity index is 4820. The number of aliphatic imine (C=N–C) groups is 2. The van der Waals surface area contributed by atoms with Gasteiger partial charge in [0.25, 0.3) is 0 Å². The number of aromatic amines is 2. The summed E-state index contributed by atoms with van der Waals surface area (Å²) in [5, 5.41) is 130. The van der Waals surface area contributed by atoms with Gasteiger partial charge in [-0.25, -0.2) is 29.2 Å². The normalized spacial score (nSPS) is 22.2. The number of aromatic carboxylic acids is 4. The summed E-state index contributed by atoms with van der Waals surface area (Å²) in [6, 6.07) is 20.3. The molecule has 7 aliphatic rings. The third-order valence-electron chi connectivity index (χ3n) is 20.3. The summed E-state index contributed by atoms with van der Waals surface area (Å²) in [5.74, 6) is -32.2. The van der Waals surface area contributed by atoms with Crippen LogP contribution in [0, 0.1) is 47.3 Å². The number of benzene rings is 4. The molecule has 0 fully saturated rings. The zero-order chi connectivity index (χ0) is 71.5. The van der Waals surface area contributed by atoms with Crippen LogP contribution in [0.4, 0.5) is 0 Å². The van der Waals surface area contributed by atoms with Gasteiger partial charge in [0.1, 0.15) is 0 Å². The molecule has 4 aromatic carbocycles. The highest BCUT2D eigenvalue weighted by Gasteiger charge is 2.50. The van der Waals surface area contributed by atoms with E-state index in [0.717, 1.165) is 0 Å². The second kappa shape index (κ2) is 24.6. The van der Waals surface area contributed by atoms with Gasteiger partial charge in [0.05, 0.1) is 115 Å². The molecular weight excluding hydrogens is 1300 g/mol. The third kappa shape index (κ3) is 10.9. The maximum Gasteiger partial charge on any atom is 0.335 e. The fourth-order valence-electron chi connectivity index (χ4n) is 15.4. The van der Waals surface area contributed by atoms with Gasteiger partial charge in [-0.1, -0.05) is 48.5 Å². The summed E-state index contributed by atoms with van der Waals surface area (Å²) in [7, 11) is 0. The Balaban J connectivity index is 1.35. The first-order valence-corrected chi connectivity index (χ1v) is 31.0. The first kappa shape index (κ1) is 65.8. The lowest BCUT2D eigenvalue weighted by molar-refractivity contribution is -0.154. The summed E-state index contributed by atoms with van der Waals surface area (Å²) in [6.07, 6.45) is -5.16. The lowest BCUT2D eigenvalue weighted by Crippen LogP contribution is -2.39. The van der Waals surface area contributed by atoms with Crippen molar-refractivity contribution in [3.63, 3.8) is 0 Å². The number of hydrogen-bond acceptors (Lipinski definition) is 14. The zero-order valence-corrected chi connectivity index (χ0v) is 51.7. The molecule has 5 aliphatic carbocycles. The van der Waals surface area contributed by atoms with Crippen LogP contribution < -0.4 is 10.7 Å². The van der Waals surface area contributed by atoms with Gasteiger partial charge in [0, 0.05) is 22.3 Å². The summed E-state index contributed by atoms with van der Waals surface area (Å²) in [6.45, 7) is 0. The Morgan fingerprint density at radius 1 is 0.270 bits per heavy atom. The van der Waals surface area contributed by atoms with E-state index in [4.69, 9.17) is 9.98 Å². The van der Waals surface area contributed by atoms with Crippen LogP contribution in [0.1, 0.15) is 123 Å². The largest absolute Gasteiger partial charge is 0.481 e. The van der Waals surface area contributed by atoms with Gasteiger partial charge < -0.3 is 71.2 Å². The number of allylic oxidation sites excluding steroid dienone is 4. The van der Waals surface area contributed by atoms with Gasteiger partial charge in [-0.3, -0.25) is 38.4 Å². The van der Waals surface area contributed by atoms with Gasteiger partial charge in [-0.05, 0) is 167 Å².